The first-order chi connectivity index (χ1) is 7.02. The second-order valence-corrected chi connectivity index (χ2v) is 3.02. The molecule has 0 rings (SSSR count). The maximum atomic E-state index is 10.3. The second kappa shape index (κ2) is 7.95. The normalized spacial score (nSPS) is 11.4. The number of hydrogen-bond donors (Lipinski definition) is 3. The summed E-state index contributed by atoms with van der Waals surface area (Å²) in [5.74, 6) is -1.46. The van der Waals surface area contributed by atoms with E-state index in [0.717, 1.165) is 11.6 Å². The third-order valence-electron chi connectivity index (χ3n) is 1.44. The van der Waals surface area contributed by atoms with Crippen LogP contribution in [0, 0.1) is 0 Å². The molecule has 0 unspecified atom stereocenters. The Kier molecular flexibility index (Phi) is 7.21. The van der Waals surface area contributed by atoms with Crippen LogP contribution < -0.4 is 11.1 Å². The van der Waals surface area contributed by atoms with Crippen LogP contribution in [0.25, 0.3) is 0 Å². The van der Waals surface area contributed by atoms with Gasteiger partial charge in [-0.05, 0) is 6.92 Å². The maximum absolute atomic E-state index is 10.3. The van der Waals surface area contributed by atoms with Crippen molar-refractivity contribution in [2.45, 2.75) is 6.92 Å². The molecule has 0 fully saturated rings. The Morgan fingerprint density at radius 3 is 2.73 bits per heavy atom. The average molecular weight is 216 g/mol. The van der Waals surface area contributed by atoms with Gasteiger partial charge in [0.15, 0.2) is 0 Å². The number of carboxylic acid groups (broad SMARTS) is 1. The smallest absolute Gasteiger partial charge is 0.328 e. The first-order valence-corrected chi connectivity index (χ1v) is 4.49. The monoisotopic (exact) mass is 216 g/mol. The molecule has 0 aliphatic carbocycles. The van der Waals surface area contributed by atoms with E-state index in [0.29, 0.717) is 19.7 Å². The fourth-order valence-corrected chi connectivity index (χ4v) is 0.864. The van der Waals surface area contributed by atoms with E-state index in [9.17, 15) is 9.59 Å². The molecule has 0 saturated carbocycles. The number of carboxylic acids is 1. The lowest BCUT2D eigenvalue weighted by atomic mass is 10.3. The lowest BCUT2D eigenvalue weighted by Crippen LogP contribution is -2.25. The van der Waals surface area contributed by atoms with E-state index in [1.807, 2.05) is 0 Å². The van der Waals surface area contributed by atoms with E-state index in [1.54, 1.807) is 6.92 Å². The highest BCUT2D eigenvalue weighted by atomic mass is 16.5. The van der Waals surface area contributed by atoms with E-state index in [4.69, 9.17) is 15.6 Å². The summed E-state index contributed by atoms with van der Waals surface area (Å²) in [5.41, 5.74) is 5.57. The number of primary amides is 1. The van der Waals surface area contributed by atoms with Gasteiger partial charge in [-0.1, -0.05) is 5.57 Å². The van der Waals surface area contributed by atoms with Gasteiger partial charge in [0.25, 0.3) is 0 Å². The standard InChI is InChI=1S/C9H16N2O4/c1-7(4-9(13)14)5-11-2-3-15-6-8(10)12/h4,11H,2-3,5-6H2,1H3,(H2,10,12)(H,13,14). The van der Waals surface area contributed by atoms with Crippen molar-refractivity contribution in [1.29, 1.82) is 0 Å². The van der Waals surface area contributed by atoms with Gasteiger partial charge < -0.3 is 20.9 Å². The van der Waals surface area contributed by atoms with Gasteiger partial charge in [0, 0.05) is 19.2 Å². The number of rotatable bonds is 8. The Labute approximate surface area is 88.1 Å². The van der Waals surface area contributed by atoms with Crippen LogP contribution in [-0.2, 0) is 14.3 Å². The lowest BCUT2D eigenvalue weighted by Gasteiger charge is -2.04. The van der Waals surface area contributed by atoms with Gasteiger partial charge in [-0.15, -0.1) is 0 Å². The van der Waals surface area contributed by atoms with Crippen LogP contribution in [0.4, 0.5) is 0 Å². The number of ether oxygens (including phenoxy) is 1. The van der Waals surface area contributed by atoms with Gasteiger partial charge in [-0.2, -0.15) is 0 Å². The Bertz CT molecular complexity index is 250. The molecule has 6 heteroatoms. The van der Waals surface area contributed by atoms with Crippen molar-refractivity contribution in [2.75, 3.05) is 26.3 Å². The SMILES string of the molecule is CC(=CC(=O)O)CNCCOCC(N)=O. The van der Waals surface area contributed by atoms with Gasteiger partial charge in [0.05, 0.1) is 6.61 Å². The summed E-state index contributed by atoms with van der Waals surface area (Å²) in [5, 5.41) is 11.4. The molecule has 0 heterocycles. The van der Waals surface area contributed by atoms with Crippen molar-refractivity contribution in [1.82, 2.24) is 5.32 Å². The fourth-order valence-electron chi connectivity index (χ4n) is 0.864. The minimum atomic E-state index is -0.959. The van der Waals surface area contributed by atoms with E-state index < -0.39 is 11.9 Å². The summed E-state index contributed by atoms with van der Waals surface area (Å²) in [4.78, 5) is 20.5. The van der Waals surface area contributed by atoms with Crippen molar-refractivity contribution in [3.63, 3.8) is 0 Å². The van der Waals surface area contributed by atoms with Crippen LogP contribution in [0.5, 0.6) is 0 Å². The molecule has 86 valence electrons. The van der Waals surface area contributed by atoms with E-state index >= 15 is 0 Å². The van der Waals surface area contributed by atoms with Crippen LogP contribution in [-0.4, -0.2) is 43.3 Å². The van der Waals surface area contributed by atoms with E-state index in [2.05, 4.69) is 5.32 Å². The van der Waals surface area contributed by atoms with Gasteiger partial charge in [-0.25, -0.2) is 4.79 Å². The molecular weight excluding hydrogens is 200 g/mol. The minimum Gasteiger partial charge on any atom is -0.478 e. The number of nitrogens with two attached hydrogens (primary N) is 1. The van der Waals surface area contributed by atoms with Crippen molar-refractivity contribution in [2.24, 2.45) is 5.73 Å². The van der Waals surface area contributed by atoms with E-state index in [-0.39, 0.29) is 6.61 Å². The third-order valence-corrected chi connectivity index (χ3v) is 1.44. The van der Waals surface area contributed by atoms with Crippen molar-refractivity contribution in [3.8, 4) is 0 Å². The molecule has 0 saturated heterocycles. The predicted octanol–water partition coefficient (Wildman–Crippen LogP) is -0.891. The predicted molar refractivity (Wildman–Crippen MR) is 54.3 cm³/mol. The Morgan fingerprint density at radius 2 is 2.20 bits per heavy atom. The Balaban J connectivity index is 3.39. The largest absolute Gasteiger partial charge is 0.478 e. The molecule has 0 aliphatic rings. The quantitative estimate of drug-likeness (QED) is 0.361. The average Bonchev–Trinajstić information content (AvgIpc) is 2.09. The second-order valence-electron chi connectivity index (χ2n) is 3.02. The molecule has 0 spiro atoms. The molecule has 4 N–H and O–H groups in total. The first-order valence-electron chi connectivity index (χ1n) is 4.49. The van der Waals surface area contributed by atoms with Crippen molar-refractivity contribution in [3.05, 3.63) is 11.6 Å². The fraction of sp³-hybridized carbons (Fsp3) is 0.556. The zero-order valence-corrected chi connectivity index (χ0v) is 8.66. The molecule has 1 amide bonds. The van der Waals surface area contributed by atoms with Gasteiger partial charge in [-0.3, -0.25) is 4.79 Å². The zero-order valence-electron chi connectivity index (χ0n) is 8.66. The highest BCUT2D eigenvalue weighted by molar-refractivity contribution is 5.80. The number of aliphatic carboxylic acids is 1. The number of amides is 1. The zero-order chi connectivity index (χ0) is 11.7. The van der Waals surface area contributed by atoms with E-state index in [1.165, 1.54) is 0 Å². The van der Waals surface area contributed by atoms with Crippen molar-refractivity contribution < 1.29 is 19.4 Å². The molecule has 0 aromatic heterocycles. The Hall–Kier alpha value is -1.40. The summed E-state index contributed by atoms with van der Waals surface area (Å²) in [6, 6.07) is 0. The van der Waals surface area contributed by atoms with Gasteiger partial charge in [0.1, 0.15) is 6.61 Å². The molecule has 0 aliphatic heterocycles. The summed E-state index contributed by atoms with van der Waals surface area (Å²) in [6.45, 7) is 3.00. The number of nitrogens with one attached hydrogen (secondary N) is 1. The summed E-state index contributed by atoms with van der Waals surface area (Å²) in [6.07, 6.45) is 1.14. The molecule has 0 bridgehead atoms. The summed E-state index contributed by atoms with van der Waals surface area (Å²) < 4.78 is 4.89. The highest BCUT2D eigenvalue weighted by Gasteiger charge is 1.95. The number of carbonyl (C=O) groups is 2. The van der Waals surface area contributed by atoms with Crippen molar-refractivity contribution >= 4 is 11.9 Å². The highest BCUT2D eigenvalue weighted by Crippen LogP contribution is 1.88. The molecule has 0 aromatic carbocycles. The maximum Gasteiger partial charge on any atom is 0.328 e. The lowest BCUT2D eigenvalue weighted by molar-refractivity contribution is -0.131. The van der Waals surface area contributed by atoms with Crippen LogP contribution in [0.15, 0.2) is 11.6 Å². The topological polar surface area (TPSA) is 102 Å². The summed E-state index contributed by atoms with van der Waals surface area (Å²) >= 11 is 0. The molecule has 6 nitrogen and oxygen atoms in total. The molecule has 0 radical (unpaired) electrons. The molecule has 0 aromatic rings. The van der Waals surface area contributed by atoms with Crippen LogP contribution >= 0.6 is 0 Å². The third kappa shape index (κ3) is 10.5. The Morgan fingerprint density at radius 1 is 1.53 bits per heavy atom. The van der Waals surface area contributed by atoms with Gasteiger partial charge >= 0.3 is 5.97 Å². The first kappa shape index (κ1) is 13.6. The van der Waals surface area contributed by atoms with Crippen LogP contribution in [0.1, 0.15) is 6.92 Å². The van der Waals surface area contributed by atoms with Crippen LogP contribution in [0.2, 0.25) is 0 Å². The number of hydrogen-bond acceptors (Lipinski definition) is 4. The minimum absolute atomic E-state index is 0.0916. The molecule has 15 heavy (non-hydrogen) atoms. The van der Waals surface area contributed by atoms with Gasteiger partial charge in [0.2, 0.25) is 5.91 Å². The molecule has 0 atom stereocenters. The molecular formula is C9H16N2O4. The number of carbonyl (C=O) groups excluding carboxylic acids is 1. The van der Waals surface area contributed by atoms with Crippen LogP contribution in [0.3, 0.4) is 0 Å². The summed E-state index contributed by atoms with van der Waals surface area (Å²) in [7, 11) is 0.